The van der Waals surface area contributed by atoms with Crippen molar-refractivity contribution in [3.05, 3.63) is 42.2 Å². The molecule has 7 heteroatoms. The number of carbonyl (C=O) groups is 1. The maximum absolute atomic E-state index is 12.3. The summed E-state index contributed by atoms with van der Waals surface area (Å²) in [6, 6.07) is 6.67. The molecule has 0 amide bonds. The van der Waals surface area contributed by atoms with E-state index in [9.17, 15) is 13.2 Å². The van der Waals surface area contributed by atoms with E-state index in [4.69, 9.17) is 0 Å². The Balaban J connectivity index is 2.45. The highest BCUT2D eigenvalue weighted by Crippen LogP contribution is 2.26. The van der Waals surface area contributed by atoms with E-state index in [0.29, 0.717) is 16.8 Å². The molecule has 0 fully saturated rings. The summed E-state index contributed by atoms with van der Waals surface area (Å²) in [5.74, 6) is 0.163. The van der Waals surface area contributed by atoms with Gasteiger partial charge in [-0.25, -0.2) is 13.4 Å². The number of aromatic nitrogens is 2. The van der Waals surface area contributed by atoms with Crippen LogP contribution in [0.25, 0.3) is 11.3 Å². The lowest BCUT2D eigenvalue weighted by Gasteiger charge is -2.20. The molecule has 1 aromatic heterocycles. The van der Waals surface area contributed by atoms with Gasteiger partial charge in [0.15, 0.2) is 5.82 Å². The van der Waals surface area contributed by atoms with E-state index in [-0.39, 0.29) is 5.82 Å². The Hall–Kier alpha value is -2.28. The standard InChI is InChI=1S/C15H17N3O3S/c1-15(2,3)22(20,21)18-14-13(16-8-9-17-14)12-6-4-11(10-19)5-7-12/h4-10H,1-3H3,(H,17,18). The zero-order chi connectivity index (χ0) is 16.4. The lowest BCUT2D eigenvalue weighted by Crippen LogP contribution is -2.34. The smallest absolute Gasteiger partial charge is 0.238 e. The molecule has 0 spiro atoms. The van der Waals surface area contributed by atoms with Gasteiger partial charge in [-0.3, -0.25) is 14.5 Å². The zero-order valence-corrected chi connectivity index (χ0v) is 13.4. The number of hydrogen-bond acceptors (Lipinski definition) is 5. The Bertz CT molecular complexity index is 778. The van der Waals surface area contributed by atoms with Crippen LogP contribution < -0.4 is 4.72 Å². The minimum absolute atomic E-state index is 0.163. The van der Waals surface area contributed by atoms with Crippen molar-refractivity contribution in [3.63, 3.8) is 0 Å². The van der Waals surface area contributed by atoms with Crippen LogP contribution in [0.5, 0.6) is 0 Å². The second-order valence-electron chi connectivity index (χ2n) is 5.71. The summed E-state index contributed by atoms with van der Waals surface area (Å²) in [7, 11) is -3.60. The first-order valence-corrected chi connectivity index (χ1v) is 8.12. The number of nitrogens with one attached hydrogen (secondary N) is 1. The van der Waals surface area contributed by atoms with Gasteiger partial charge in [0.05, 0.1) is 4.75 Å². The Morgan fingerprint density at radius 3 is 2.18 bits per heavy atom. The fourth-order valence-electron chi connectivity index (χ4n) is 1.62. The Morgan fingerprint density at radius 2 is 1.64 bits per heavy atom. The molecule has 0 aliphatic rings. The van der Waals surface area contributed by atoms with Crippen LogP contribution in [0, 0.1) is 0 Å². The zero-order valence-electron chi connectivity index (χ0n) is 12.6. The maximum Gasteiger partial charge on any atom is 0.238 e. The molecule has 0 atom stereocenters. The van der Waals surface area contributed by atoms with Crippen LogP contribution >= 0.6 is 0 Å². The van der Waals surface area contributed by atoms with Crippen LogP contribution in [-0.2, 0) is 10.0 Å². The highest BCUT2D eigenvalue weighted by Gasteiger charge is 2.30. The molecule has 1 N–H and O–H groups in total. The van der Waals surface area contributed by atoms with Crippen molar-refractivity contribution in [3.8, 4) is 11.3 Å². The normalized spacial score (nSPS) is 12.0. The van der Waals surface area contributed by atoms with Gasteiger partial charge in [-0.15, -0.1) is 0 Å². The van der Waals surface area contributed by atoms with Crippen molar-refractivity contribution < 1.29 is 13.2 Å². The summed E-state index contributed by atoms with van der Waals surface area (Å²) >= 11 is 0. The van der Waals surface area contributed by atoms with Gasteiger partial charge >= 0.3 is 0 Å². The van der Waals surface area contributed by atoms with Crippen LogP contribution in [0.3, 0.4) is 0 Å². The number of benzene rings is 1. The largest absolute Gasteiger partial charge is 0.298 e. The minimum Gasteiger partial charge on any atom is -0.298 e. The van der Waals surface area contributed by atoms with Crippen LogP contribution in [0.15, 0.2) is 36.7 Å². The summed E-state index contributed by atoms with van der Waals surface area (Å²) < 4.78 is 26.1. The van der Waals surface area contributed by atoms with Gasteiger partial charge in [0.1, 0.15) is 12.0 Å². The average molecular weight is 319 g/mol. The van der Waals surface area contributed by atoms with E-state index in [0.717, 1.165) is 6.29 Å². The molecule has 2 rings (SSSR count). The number of aldehydes is 1. The van der Waals surface area contributed by atoms with Crippen molar-refractivity contribution >= 4 is 22.1 Å². The summed E-state index contributed by atoms with van der Waals surface area (Å²) in [5, 5.41) is 0. The van der Waals surface area contributed by atoms with Crippen molar-refractivity contribution in [1.82, 2.24) is 9.97 Å². The van der Waals surface area contributed by atoms with Crippen LogP contribution in [0.2, 0.25) is 0 Å². The lowest BCUT2D eigenvalue weighted by atomic mass is 10.1. The van der Waals surface area contributed by atoms with Crippen LogP contribution in [-0.4, -0.2) is 29.4 Å². The first-order chi connectivity index (χ1) is 10.2. The Kier molecular flexibility index (Phi) is 4.27. The van der Waals surface area contributed by atoms with E-state index >= 15 is 0 Å². The van der Waals surface area contributed by atoms with Gasteiger partial charge in [-0.1, -0.05) is 24.3 Å². The molecule has 0 unspecified atom stereocenters. The second kappa shape index (κ2) is 5.84. The van der Waals surface area contributed by atoms with Crippen molar-refractivity contribution in [1.29, 1.82) is 0 Å². The molecule has 1 heterocycles. The van der Waals surface area contributed by atoms with E-state index in [1.54, 1.807) is 45.0 Å². The van der Waals surface area contributed by atoms with Gasteiger partial charge in [0, 0.05) is 23.5 Å². The molecule has 0 aliphatic carbocycles. The minimum atomic E-state index is -3.60. The fraction of sp³-hybridized carbons (Fsp3) is 0.267. The van der Waals surface area contributed by atoms with Crippen molar-refractivity contribution in [2.75, 3.05) is 4.72 Å². The van der Waals surface area contributed by atoms with Crippen molar-refractivity contribution in [2.24, 2.45) is 0 Å². The number of carbonyl (C=O) groups excluding carboxylic acids is 1. The fourth-order valence-corrected chi connectivity index (χ4v) is 2.33. The van der Waals surface area contributed by atoms with Gasteiger partial charge in [0.25, 0.3) is 0 Å². The number of hydrogen-bond donors (Lipinski definition) is 1. The predicted molar refractivity (Wildman–Crippen MR) is 85.2 cm³/mol. The van der Waals surface area contributed by atoms with Gasteiger partial charge in [-0.2, -0.15) is 0 Å². The van der Waals surface area contributed by atoms with Crippen molar-refractivity contribution in [2.45, 2.75) is 25.5 Å². The highest BCUT2D eigenvalue weighted by molar-refractivity contribution is 7.94. The third-order valence-corrected chi connectivity index (χ3v) is 5.13. The van der Waals surface area contributed by atoms with Gasteiger partial charge in [-0.05, 0) is 20.8 Å². The Labute approximate surface area is 129 Å². The van der Waals surface area contributed by atoms with E-state index < -0.39 is 14.8 Å². The number of anilines is 1. The number of rotatable bonds is 4. The average Bonchev–Trinajstić information content (AvgIpc) is 2.46. The number of sulfonamides is 1. The van der Waals surface area contributed by atoms with Gasteiger partial charge < -0.3 is 0 Å². The molecule has 22 heavy (non-hydrogen) atoms. The molecular formula is C15H17N3O3S. The van der Waals surface area contributed by atoms with Gasteiger partial charge in [0.2, 0.25) is 10.0 Å². The molecule has 0 saturated heterocycles. The third-order valence-electron chi connectivity index (χ3n) is 3.06. The molecule has 0 bridgehead atoms. The van der Waals surface area contributed by atoms with E-state index in [1.165, 1.54) is 12.4 Å². The van der Waals surface area contributed by atoms with E-state index in [2.05, 4.69) is 14.7 Å². The molecule has 6 nitrogen and oxygen atoms in total. The molecular weight excluding hydrogens is 302 g/mol. The monoisotopic (exact) mass is 319 g/mol. The van der Waals surface area contributed by atoms with Crippen LogP contribution in [0.1, 0.15) is 31.1 Å². The highest BCUT2D eigenvalue weighted by atomic mass is 32.2. The molecule has 116 valence electrons. The summed E-state index contributed by atoms with van der Waals surface area (Å²) in [4.78, 5) is 19.0. The molecule has 0 saturated carbocycles. The van der Waals surface area contributed by atoms with Crippen LogP contribution in [0.4, 0.5) is 5.82 Å². The topological polar surface area (TPSA) is 89.0 Å². The molecule has 1 aromatic carbocycles. The second-order valence-corrected chi connectivity index (χ2v) is 8.15. The summed E-state index contributed by atoms with van der Waals surface area (Å²) in [5.41, 5.74) is 1.61. The predicted octanol–water partition coefficient (Wildman–Crippen LogP) is 2.50. The molecule has 2 aromatic rings. The summed E-state index contributed by atoms with van der Waals surface area (Å²) in [6.45, 7) is 4.80. The summed E-state index contributed by atoms with van der Waals surface area (Å²) in [6.07, 6.45) is 3.64. The van der Waals surface area contributed by atoms with E-state index in [1.807, 2.05) is 0 Å². The number of nitrogens with zero attached hydrogens (tertiary/aromatic N) is 2. The first kappa shape index (κ1) is 16.1. The molecule has 0 aliphatic heterocycles. The molecule has 0 radical (unpaired) electrons. The third kappa shape index (κ3) is 3.30. The maximum atomic E-state index is 12.3. The first-order valence-electron chi connectivity index (χ1n) is 6.63. The quantitative estimate of drug-likeness (QED) is 0.875. The SMILES string of the molecule is CC(C)(C)S(=O)(=O)Nc1nccnc1-c1ccc(C=O)cc1. The lowest BCUT2D eigenvalue weighted by molar-refractivity contribution is 0.112. The Morgan fingerprint density at radius 1 is 1.05 bits per heavy atom.